The summed E-state index contributed by atoms with van der Waals surface area (Å²) in [4.78, 5) is 11.7. The minimum Gasteiger partial charge on any atom is -0.497 e. The van der Waals surface area contributed by atoms with Gasteiger partial charge in [0.15, 0.2) is 0 Å². The molecule has 0 atom stereocenters. The number of carbonyl (C=O) groups excluding carboxylic acids is 1. The van der Waals surface area contributed by atoms with Crippen LogP contribution < -0.4 is 20.1 Å². The van der Waals surface area contributed by atoms with Gasteiger partial charge in [-0.05, 0) is 48.4 Å². The number of hydrogen-bond acceptors (Lipinski definition) is 3. The van der Waals surface area contributed by atoms with E-state index in [1.54, 1.807) is 7.11 Å². The largest absolute Gasteiger partial charge is 0.497 e. The van der Waals surface area contributed by atoms with E-state index in [1.165, 1.54) is 0 Å². The molecule has 2 aromatic carbocycles. The van der Waals surface area contributed by atoms with Crippen molar-refractivity contribution in [3.63, 3.8) is 0 Å². The zero-order valence-electron chi connectivity index (χ0n) is 13.5. The molecule has 0 radical (unpaired) electrons. The number of urea groups is 1. The van der Waals surface area contributed by atoms with Gasteiger partial charge in [-0.1, -0.05) is 28.1 Å². The molecule has 0 unspecified atom stereocenters. The monoisotopic (exact) mass is 392 g/mol. The normalized spacial score (nSPS) is 10.1. The van der Waals surface area contributed by atoms with E-state index in [1.807, 2.05) is 48.5 Å². The van der Waals surface area contributed by atoms with Crippen LogP contribution in [-0.2, 0) is 6.42 Å². The molecule has 24 heavy (non-hydrogen) atoms. The Kier molecular flexibility index (Phi) is 7.42. The molecule has 0 aliphatic heterocycles. The molecule has 0 aliphatic rings. The van der Waals surface area contributed by atoms with Gasteiger partial charge in [0.1, 0.15) is 18.1 Å². The van der Waals surface area contributed by atoms with Gasteiger partial charge in [-0.2, -0.15) is 0 Å². The van der Waals surface area contributed by atoms with Gasteiger partial charge in [-0.3, -0.25) is 0 Å². The van der Waals surface area contributed by atoms with Crippen molar-refractivity contribution in [1.82, 2.24) is 10.6 Å². The molecule has 0 spiro atoms. The van der Waals surface area contributed by atoms with Crippen molar-refractivity contribution < 1.29 is 14.3 Å². The topological polar surface area (TPSA) is 59.6 Å². The number of carbonyl (C=O) groups is 1. The molecule has 2 N–H and O–H groups in total. The van der Waals surface area contributed by atoms with Gasteiger partial charge in [-0.15, -0.1) is 0 Å². The van der Waals surface area contributed by atoms with Crippen LogP contribution >= 0.6 is 15.9 Å². The van der Waals surface area contributed by atoms with E-state index in [2.05, 4.69) is 26.6 Å². The molecule has 0 aliphatic carbocycles. The van der Waals surface area contributed by atoms with Crippen LogP contribution in [0, 0.1) is 0 Å². The Labute approximate surface area is 150 Å². The second-order valence-corrected chi connectivity index (χ2v) is 6.00. The summed E-state index contributed by atoms with van der Waals surface area (Å²) < 4.78 is 11.6. The maximum atomic E-state index is 11.7. The highest BCUT2D eigenvalue weighted by Gasteiger charge is 2.00. The average Bonchev–Trinajstić information content (AvgIpc) is 2.61. The fourth-order valence-corrected chi connectivity index (χ4v) is 2.30. The average molecular weight is 393 g/mol. The SMILES string of the molecule is COc1ccc(CCNC(=O)NCCOc2ccc(Br)cc2)cc1. The van der Waals surface area contributed by atoms with Gasteiger partial charge in [-0.25, -0.2) is 4.79 Å². The summed E-state index contributed by atoms with van der Waals surface area (Å²) in [5.74, 6) is 1.61. The number of benzene rings is 2. The second kappa shape index (κ2) is 9.82. The highest BCUT2D eigenvalue weighted by Crippen LogP contribution is 2.15. The Morgan fingerprint density at radius 1 is 0.958 bits per heavy atom. The van der Waals surface area contributed by atoms with Crippen LogP contribution in [0.3, 0.4) is 0 Å². The quantitative estimate of drug-likeness (QED) is 0.676. The van der Waals surface area contributed by atoms with Crippen LogP contribution in [-0.4, -0.2) is 32.8 Å². The molecule has 0 saturated heterocycles. The summed E-state index contributed by atoms with van der Waals surface area (Å²) in [7, 11) is 1.64. The first-order chi connectivity index (χ1) is 11.7. The number of hydrogen-bond donors (Lipinski definition) is 2. The fourth-order valence-electron chi connectivity index (χ4n) is 2.04. The van der Waals surface area contributed by atoms with Crippen LogP contribution in [0.2, 0.25) is 0 Å². The molecule has 0 saturated carbocycles. The molecule has 6 heteroatoms. The summed E-state index contributed by atoms with van der Waals surface area (Å²) in [5.41, 5.74) is 1.15. The Morgan fingerprint density at radius 2 is 1.58 bits per heavy atom. The number of amides is 2. The molecular formula is C18H21BrN2O3. The molecule has 5 nitrogen and oxygen atoms in total. The zero-order valence-corrected chi connectivity index (χ0v) is 15.1. The van der Waals surface area contributed by atoms with E-state index in [4.69, 9.17) is 9.47 Å². The molecule has 2 rings (SSSR count). The maximum Gasteiger partial charge on any atom is 0.314 e. The maximum absolute atomic E-state index is 11.7. The van der Waals surface area contributed by atoms with Gasteiger partial charge in [0.05, 0.1) is 13.7 Å². The lowest BCUT2D eigenvalue weighted by molar-refractivity contribution is 0.236. The Balaban J connectivity index is 1.56. The zero-order chi connectivity index (χ0) is 17.2. The van der Waals surface area contributed by atoms with E-state index in [-0.39, 0.29) is 6.03 Å². The molecule has 0 fully saturated rings. The van der Waals surface area contributed by atoms with Gasteiger partial charge in [0.2, 0.25) is 0 Å². The van der Waals surface area contributed by atoms with Crippen LogP contribution in [0.25, 0.3) is 0 Å². The number of ether oxygens (including phenoxy) is 2. The first kappa shape index (κ1) is 18.1. The van der Waals surface area contributed by atoms with Crippen molar-refractivity contribution in [3.8, 4) is 11.5 Å². The van der Waals surface area contributed by atoms with Crippen molar-refractivity contribution in [2.24, 2.45) is 0 Å². The molecule has 2 amide bonds. The molecule has 0 heterocycles. The minimum atomic E-state index is -0.192. The van der Waals surface area contributed by atoms with Crippen LogP contribution in [0.4, 0.5) is 4.79 Å². The van der Waals surface area contributed by atoms with E-state index >= 15 is 0 Å². The summed E-state index contributed by atoms with van der Waals surface area (Å²) in [6.07, 6.45) is 0.771. The Morgan fingerprint density at radius 3 is 2.25 bits per heavy atom. The smallest absolute Gasteiger partial charge is 0.314 e. The molecule has 2 aromatic rings. The van der Waals surface area contributed by atoms with Gasteiger partial charge in [0.25, 0.3) is 0 Å². The Hall–Kier alpha value is -2.21. The van der Waals surface area contributed by atoms with E-state index < -0.39 is 0 Å². The molecule has 0 bridgehead atoms. The lowest BCUT2D eigenvalue weighted by atomic mass is 10.1. The lowest BCUT2D eigenvalue weighted by Gasteiger charge is -2.09. The number of rotatable bonds is 8. The predicted octanol–water partition coefficient (Wildman–Crippen LogP) is 3.38. The summed E-state index contributed by atoms with van der Waals surface area (Å²) in [6, 6.07) is 15.2. The van der Waals surface area contributed by atoms with Crippen molar-refractivity contribution in [2.75, 3.05) is 26.8 Å². The summed E-state index contributed by atoms with van der Waals surface area (Å²) in [6.45, 7) is 1.45. The third-order valence-electron chi connectivity index (χ3n) is 3.33. The first-order valence-corrected chi connectivity index (χ1v) is 8.49. The van der Waals surface area contributed by atoms with Crippen molar-refractivity contribution in [2.45, 2.75) is 6.42 Å². The van der Waals surface area contributed by atoms with E-state index in [0.29, 0.717) is 19.7 Å². The molecule has 128 valence electrons. The standard InChI is InChI=1S/C18H21BrN2O3/c1-23-16-6-2-14(3-7-16)10-11-20-18(22)21-12-13-24-17-8-4-15(19)5-9-17/h2-9H,10-13H2,1H3,(H2,20,21,22). The molecule has 0 aromatic heterocycles. The summed E-state index contributed by atoms with van der Waals surface area (Å²) >= 11 is 3.37. The fraction of sp³-hybridized carbons (Fsp3) is 0.278. The van der Waals surface area contributed by atoms with Crippen molar-refractivity contribution >= 4 is 22.0 Å². The van der Waals surface area contributed by atoms with Crippen molar-refractivity contribution in [3.05, 3.63) is 58.6 Å². The van der Waals surface area contributed by atoms with Gasteiger partial charge < -0.3 is 20.1 Å². The number of nitrogens with one attached hydrogen (secondary N) is 2. The van der Waals surface area contributed by atoms with Crippen LogP contribution in [0.1, 0.15) is 5.56 Å². The highest BCUT2D eigenvalue weighted by atomic mass is 79.9. The Bertz CT molecular complexity index is 630. The van der Waals surface area contributed by atoms with E-state index in [0.717, 1.165) is 28.0 Å². The second-order valence-electron chi connectivity index (χ2n) is 5.08. The lowest BCUT2D eigenvalue weighted by Crippen LogP contribution is -2.38. The van der Waals surface area contributed by atoms with Gasteiger partial charge in [0, 0.05) is 11.0 Å². The van der Waals surface area contributed by atoms with Gasteiger partial charge >= 0.3 is 6.03 Å². The number of methoxy groups -OCH3 is 1. The third-order valence-corrected chi connectivity index (χ3v) is 3.86. The molecular weight excluding hydrogens is 372 g/mol. The van der Waals surface area contributed by atoms with E-state index in [9.17, 15) is 4.79 Å². The number of halogens is 1. The predicted molar refractivity (Wildman–Crippen MR) is 97.7 cm³/mol. The minimum absolute atomic E-state index is 0.192. The highest BCUT2D eigenvalue weighted by molar-refractivity contribution is 9.10. The third kappa shape index (κ3) is 6.50. The van der Waals surface area contributed by atoms with Crippen LogP contribution in [0.15, 0.2) is 53.0 Å². The summed E-state index contributed by atoms with van der Waals surface area (Å²) in [5, 5.41) is 5.59. The van der Waals surface area contributed by atoms with Crippen molar-refractivity contribution in [1.29, 1.82) is 0 Å². The van der Waals surface area contributed by atoms with Crippen LogP contribution in [0.5, 0.6) is 11.5 Å². The first-order valence-electron chi connectivity index (χ1n) is 7.70.